The molecule has 0 bridgehead atoms. The summed E-state index contributed by atoms with van der Waals surface area (Å²) in [6.07, 6.45) is 1.27. The highest BCUT2D eigenvalue weighted by molar-refractivity contribution is 8.00. The SMILES string of the molecule is Cc1ccc([N+](=O)[O-])cc1NC(=O)C(Sc1ccc(NC(=O)/C(=C/c2ccccc2F)NC(=O)c2ccccc2)cc1)c1ccccc1. The van der Waals surface area contributed by atoms with Crippen LogP contribution in [-0.4, -0.2) is 22.6 Å². The van der Waals surface area contributed by atoms with Crippen molar-refractivity contribution in [3.8, 4) is 0 Å². The van der Waals surface area contributed by atoms with E-state index in [1.54, 1.807) is 73.7 Å². The van der Waals surface area contributed by atoms with Gasteiger partial charge in [-0.15, -0.1) is 11.8 Å². The Bertz CT molecular complexity index is 1990. The number of hydrogen-bond donors (Lipinski definition) is 3. The van der Waals surface area contributed by atoms with Crippen molar-refractivity contribution in [3.05, 3.63) is 171 Å². The number of non-ortho nitro benzene ring substituents is 1. The van der Waals surface area contributed by atoms with Crippen molar-refractivity contribution < 1.29 is 23.7 Å². The highest BCUT2D eigenvalue weighted by Gasteiger charge is 2.24. The van der Waals surface area contributed by atoms with Gasteiger partial charge < -0.3 is 16.0 Å². The molecule has 9 nitrogen and oxygen atoms in total. The van der Waals surface area contributed by atoms with Crippen LogP contribution in [0, 0.1) is 22.9 Å². The molecule has 1 atom stereocenters. The Balaban J connectivity index is 1.34. The van der Waals surface area contributed by atoms with Crippen LogP contribution in [0.4, 0.5) is 21.5 Å². The third-order valence-electron chi connectivity index (χ3n) is 7.13. The fourth-order valence-electron chi connectivity index (χ4n) is 4.60. The summed E-state index contributed by atoms with van der Waals surface area (Å²) in [7, 11) is 0. The standard InChI is InChI=1S/C37H29FN4O5S/c1-24-16-19-29(42(46)47)23-32(24)40-37(45)34(25-10-4-2-5-11-25)48-30-20-17-28(18-21-30)39-36(44)33(22-27-14-8-9-15-31(27)38)41-35(43)26-12-6-3-7-13-26/h2-23,34H,1H3,(H,39,44)(H,40,45)(H,41,43)/b33-22-. The molecule has 5 aromatic carbocycles. The minimum Gasteiger partial charge on any atom is -0.324 e. The summed E-state index contributed by atoms with van der Waals surface area (Å²) in [5.74, 6) is -2.14. The first kappa shape index (κ1) is 33.3. The smallest absolute Gasteiger partial charge is 0.272 e. The minimum atomic E-state index is -0.714. The number of nitrogens with one attached hydrogen (secondary N) is 3. The van der Waals surface area contributed by atoms with Crippen LogP contribution in [0.5, 0.6) is 0 Å². The van der Waals surface area contributed by atoms with Crippen molar-refractivity contribution in [3.63, 3.8) is 0 Å². The number of nitro groups is 1. The number of nitro benzene ring substituents is 1. The fraction of sp³-hybridized carbons (Fsp3) is 0.0541. The van der Waals surface area contributed by atoms with Crippen LogP contribution in [0.15, 0.2) is 138 Å². The van der Waals surface area contributed by atoms with Crippen LogP contribution >= 0.6 is 11.8 Å². The van der Waals surface area contributed by atoms with Crippen molar-refractivity contribution in [2.45, 2.75) is 17.1 Å². The molecule has 0 saturated heterocycles. The van der Waals surface area contributed by atoms with E-state index in [9.17, 15) is 28.9 Å². The molecule has 5 aromatic rings. The summed E-state index contributed by atoms with van der Waals surface area (Å²) in [4.78, 5) is 51.3. The number of carbonyl (C=O) groups excluding carboxylic acids is 3. The summed E-state index contributed by atoms with van der Waals surface area (Å²) < 4.78 is 14.5. The molecule has 0 aliphatic carbocycles. The van der Waals surface area contributed by atoms with Gasteiger partial charge in [-0.05, 0) is 66.6 Å². The first-order chi connectivity index (χ1) is 23.2. The lowest BCUT2D eigenvalue weighted by Crippen LogP contribution is -2.30. The van der Waals surface area contributed by atoms with Gasteiger partial charge in [-0.3, -0.25) is 24.5 Å². The molecular weight excluding hydrogens is 631 g/mol. The first-order valence-corrected chi connectivity index (χ1v) is 15.6. The number of nitrogens with zero attached hydrogens (tertiary/aromatic N) is 1. The van der Waals surface area contributed by atoms with Crippen molar-refractivity contribution in [2.24, 2.45) is 0 Å². The number of hydrogen-bond acceptors (Lipinski definition) is 6. The molecule has 0 aliphatic heterocycles. The number of benzene rings is 5. The zero-order valence-electron chi connectivity index (χ0n) is 25.6. The van der Waals surface area contributed by atoms with E-state index >= 15 is 0 Å². The van der Waals surface area contributed by atoms with E-state index in [2.05, 4.69) is 16.0 Å². The van der Waals surface area contributed by atoms with E-state index in [1.807, 2.05) is 30.3 Å². The van der Waals surface area contributed by atoms with Crippen LogP contribution in [0.1, 0.15) is 32.3 Å². The van der Waals surface area contributed by atoms with E-state index < -0.39 is 27.8 Å². The predicted octanol–water partition coefficient (Wildman–Crippen LogP) is 7.92. The van der Waals surface area contributed by atoms with Crippen LogP contribution in [0.2, 0.25) is 0 Å². The lowest BCUT2D eigenvalue weighted by atomic mass is 10.1. The number of carbonyl (C=O) groups is 3. The predicted molar refractivity (Wildman–Crippen MR) is 185 cm³/mol. The van der Waals surface area contributed by atoms with E-state index in [0.717, 1.165) is 5.56 Å². The molecule has 3 amide bonds. The maximum Gasteiger partial charge on any atom is 0.272 e. The Kier molecular flexibility index (Phi) is 10.7. The second-order valence-corrected chi connectivity index (χ2v) is 11.7. The van der Waals surface area contributed by atoms with Gasteiger partial charge in [-0.1, -0.05) is 72.8 Å². The van der Waals surface area contributed by atoms with Crippen molar-refractivity contribution in [1.82, 2.24) is 5.32 Å². The molecule has 0 fully saturated rings. The highest BCUT2D eigenvalue weighted by Crippen LogP contribution is 2.37. The van der Waals surface area contributed by atoms with E-state index in [1.165, 1.54) is 48.2 Å². The lowest BCUT2D eigenvalue weighted by molar-refractivity contribution is -0.384. The van der Waals surface area contributed by atoms with Crippen molar-refractivity contribution >= 4 is 52.6 Å². The van der Waals surface area contributed by atoms with Crippen molar-refractivity contribution in [1.29, 1.82) is 0 Å². The molecule has 0 aromatic heterocycles. The number of amides is 3. The van der Waals surface area contributed by atoms with Gasteiger partial charge in [0.05, 0.1) is 10.6 Å². The summed E-state index contributed by atoms with van der Waals surface area (Å²) in [5, 5.41) is 18.8. The molecule has 0 spiro atoms. The number of aryl methyl sites for hydroxylation is 1. The topological polar surface area (TPSA) is 130 Å². The average Bonchev–Trinajstić information content (AvgIpc) is 3.10. The van der Waals surface area contributed by atoms with E-state index in [0.29, 0.717) is 27.4 Å². The largest absolute Gasteiger partial charge is 0.324 e. The third-order valence-corrected chi connectivity index (χ3v) is 8.40. The monoisotopic (exact) mass is 660 g/mol. The van der Waals surface area contributed by atoms with Gasteiger partial charge in [-0.25, -0.2) is 4.39 Å². The van der Waals surface area contributed by atoms with Gasteiger partial charge in [0.1, 0.15) is 16.8 Å². The van der Waals surface area contributed by atoms with Gasteiger partial charge in [0.15, 0.2) is 0 Å². The van der Waals surface area contributed by atoms with Gasteiger partial charge in [-0.2, -0.15) is 0 Å². The van der Waals surface area contributed by atoms with Crippen LogP contribution < -0.4 is 16.0 Å². The zero-order chi connectivity index (χ0) is 34.0. The molecule has 5 rings (SSSR count). The highest BCUT2D eigenvalue weighted by atomic mass is 32.2. The second-order valence-electron chi connectivity index (χ2n) is 10.5. The van der Waals surface area contributed by atoms with Crippen LogP contribution in [0.25, 0.3) is 6.08 Å². The van der Waals surface area contributed by atoms with Crippen molar-refractivity contribution in [2.75, 3.05) is 10.6 Å². The molecule has 0 heterocycles. The summed E-state index contributed by atoms with van der Waals surface area (Å²) in [6, 6.07) is 34.3. The number of halogens is 1. The third kappa shape index (κ3) is 8.59. The zero-order valence-corrected chi connectivity index (χ0v) is 26.4. The molecule has 240 valence electrons. The molecule has 0 saturated carbocycles. The number of anilines is 2. The van der Waals surface area contributed by atoms with Crippen LogP contribution in [-0.2, 0) is 9.59 Å². The van der Waals surface area contributed by atoms with Gasteiger partial charge in [0.25, 0.3) is 17.5 Å². The average molecular weight is 661 g/mol. The molecule has 0 aliphatic rings. The Hall–Kier alpha value is -6.07. The molecule has 48 heavy (non-hydrogen) atoms. The van der Waals surface area contributed by atoms with Gasteiger partial charge >= 0.3 is 0 Å². The Morgan fingerprint density at radius 2 is 1.46 bits per heavy atom. The van der Waals surface area contributed by atoms with Gasteiger partial charge in [0, 0.05) is 33.8 Å². The lowest BCUT2D eigenvalue weighted by Gasteiger charge is -2.18. The minimum absolute atomic E-state index is 0.119. The molecule has 0 radical (unpaired) electrons. The first-order valence-electron chi connectivity index (χ1n) is 14.7. The molecule has 1 unspecified atom stereocenters. The Morgan fingerprint density at radius 3 is 2.12 bits per heavy atom. The maximum atomic E-state index is 14.5. The molecular formula is C37H29FN4O5S. The molecule has 3 N–H and O–H groups in total. The second kappa shape index (κ2) is 15.5. The van der Waals surface area contributed by atoms with Crippen LogP contribution in [0.3, 0.4) is 0 Å². The van der Waals surface area contributed by atoms with E-state index in [4.69, 9.17) is 0 Å². The summed E-state index contributed by atoms with van der Waals surface area (Å²) in [6.45, 7) is 1.75. The quantitative estimate of drug-likeness (QED) is 0.0571. The maximum absolute atomic E-state index is 14.5. The number of thioether (sulfide) groups is 1. The summed E-state index contributed by atoms with van der Waals surface area (Å²) in [5.41, 5.74) is 2.27. The van der Waals surface area contributed by atoms with E-state index in [-0.39, 0.29) is 22.9 Å². The van der Waals surface area contributed by atoms with Gasteiger partial charge in [0.2, 0.25) is 5.91 Å². The molecule has 11 heteroatoms. The Morgan fingerprint density at radius 1 is 0.812 bits per heavy atom. The number of rotatable bonds is 11. The normalized spacial score (nSPS) is 11.7. The summed E-state index contributed by atoms with van der Waals surface area (Å²) >= 11 is 1.26. The Labute approximate surface area is 280 Å². The fourth-order valence-corrected chi connectivity index (χ4v) is 5.62.